The van der Waals surface area contributed by atoms with Crippen molar-refractivity contribution in [2.75, 3.05) is 5.32 Å². The van der Waals surface area contributed by atoms with Crippen molar-refractivity contribution in [2.24, 2.45) is 5.92 Å². The highest BCUT2D eigenvalue weighted by molar-refractivity contribution is 7.16. The summed E-state index contributed by atoms with van der Waals surface area (Å²) in [5, 5.41) is 12.9. The van der Waals surface area contributed by atoms with Crippen LogP contribution in [-0.2, 0) is 17.6 Å². The van der Waals surface area contributed by atoms with Gasteiger partial charge in [-0.15, -0.1) is 11.3 Å². The van der Waals surface area contributed by atoms with E-state index in [0.717, 1.165) is 34.6 Å². The van der Waals surface area contributed by atoms with E-state index in [9.17, 15) is 19.6 Å². The zero-order valence-electron chi connectivity index (χ0n) is 15.6. The number of nitrogens with zero attached hydrogens (tertiary/aromatic N) is 2. The Bertz CT molecular complexity index is 1010. The Morgan fingerprint density at radius 2 is 1.93 bits per heavy atom. The summed E-state index contributed by atoms with van der Waals surface area (Å²) < 4.78 is 0. The summed E-state index contributed by atoms with van der Waals surface area (Å²) in [5.74, 6) is -0.859. The van der Waals surface area contributed by atoms with Crippen LogP contribution in [0.3, 0.4) is 0 Å². The normalized spacial score (nSPS) is 19.0. The molecular weight excluding hydrogens is 374 g/mol. The van der Waals surface area contributed by atoms with E-state index >= 15 is 0 Å². The molecule has 1 aromatic heterocycles. The lowest BCUT2D eigenvalue weighted by Gasteiger charge is -2.21. The number of nitrogens with one attached hydrogen (secondary N) is 1. The first kappa shape index (κ1) is 18.4. The molecule has 2 heterocycles. The van der Waals surface area contributed by atoms with Crippen LogP contribution in [0.2, 0.25) is 0 Å². The van der Waals surface area contributed by atoms with Crippen molar-refractivity contribution in [2.45, 2.75) is 39.2 Å². The summed E-state index contributed by atoms with van der Waals surface area (Å²) in [4.78, 5) is 40.2. The third kappa shape index (κ3) is 2.81. The van der Waals surface area contributed by atoms with E-state index in [1.807, 2.05) is 0 Å². The molecule has 6 nitrogen and oxygen atoms in total. The van der Waals surface area contributed by atoms with Crippen molar-refractivity contribution in [1.82, 2.24) is 4.90 Å². The second-order valence-corrected chi connectivity index (χ2v) is 8.46. The first-order valence-electron chi connectivity index (χ1n) is 9.24. The van der Waals surface area contributed by atoms with Gasteiger partial charge in [0.2, 0.25) is 5.91 Å². The minimum atomic E-state index is -0.975. The first-order chi connectivity index (χ1) is 13.4. The maximum Gasteiger partial charge on any atom is 0.262 e. The predicted molar refractivity (Wildman–Crippen MR) is 105 cm³/mol. The van der Waals surface area contributed by atoms with Gasteiger partial charge in [0.15, 0.2) is 0 Å². The smallest absolute Gasteiger partial charge is 0.262 e. The van der Waals surface area contributed by atoms with Gasteiger partial charge in [0.1, 0.15) is 17.1 Å². The summed E-state index contributed by atoms with van der Waals surface area (Å²) in [5.41, 5.74) is 2.15. The molecule has 142 valence electrons. The number of fused-ring (bicyclic) bond motifs is 2. The molecule has 0 unspecified atom stereocenters. The number of hydrogen-bond donors (Lipinski definition) is 1. The van der Waals surface area contributed by atoms with E-state index in [-0.39, 0.29) is 0 Å². The van der Waals surface area contributed by atoms with E-state index in [4.69, 9.17) is 0 Å². The molecule has 0 spiro atoms. The van der Waals surface area contributed by atoms with Crippen LogP contribution in [0.15, 0.2) is 24.3 Å². The average molecular weight is 393 g/mol. The number of rotatable bonds is 3. The summed E-state index contributed by atoms with van der Waals surface area (Å²) in [6.45, 7) is 3.70. The number of carbonyl (C=O) groups excluding carboxylic acids is 3. The van der Waals surface area contributed by atoms with Gasteiger partial charge in [0, 0.05) is 4.88 Å². The molecule has 0 radical (unpaired) electrons. The van der Waals surface area contributed by atoms with Crippen LogP contribution in [-0.4, -0.2) is 28.7 Å². The fourth-order valence-corrected chi connectivity index (χ4v) is 5.21. The van der Waals surface area contributed by atoms with E-state index in [2.05, 4.69) is 18.3 Å². The number of hydrogen-bond acceptors (Lipinski definition) is 5. The number of thiophene rings is 1. The van der Waals surface area contributed by atoms with Crippen molar-refractivity contribution in [1.29, 1.82) is 5.26 Å². The van der Waals surface area contributed by atoms with Gasteiger partial charge in [0.05, 0.1) is 16.7 Å². The second kappa shape index (κ2) is 6.88. The summed E-state index contributed by atoms with van der Waals surface area (Å²) in [6.07, 6.45) is 2.76. The van der Waals surface area contributed by atoms with Crippen molar-refractivity contribution in [3.63, 3.8) is 0 Å². The molecular formula is C21H19N3O3S. The van der Waals surface area contributed by atoms with Crippen LogP contribution in [0.5, 0.6) is 0 Å². The fourth-order valence-electron chi connectivity index (χ4n) is 3.85. The number of benzene rings is 1. The minimum absolute atomic E-state index is 0.311. The zero-order chi connectivity index (χ0) is 20.0. The van der Waals surface area contributed by atoms with Gasteiger partial charge < -0.3 is 5.32 Å². The maximum atomic E-state index is 12.8. The van der Waals surface area contributed by atoms with Crippen molar-refractivity contribution >= 4 is 34.1 Å². The Morgan fingerprint density at radius 3 is 2.54 bits per heavy atom. The van der Waals surface area contributed by atoms with Crippen LogP contribution < -0.4 is 5.32 Å². The molecule has 1 aromatic carbocycles. The monoisotopic (exact) mass is 393 g/mol. The van der Waals surface area contributed by atoms with Gasteiger partial charge in [-0.3, -0.25) is 19.3 Å². The topological polar surface area (TPSA) is 90.3 Å². The Kier molecular flexibility index (Phi) is 4.52. The highest BCUT2D eigenvalue weighted by atomic mass is 32.1. The quantitative estimate of drug-likeness (QED) is 0.810. The van der Waals surface area contributed by atoms with Crippen LogP contribution in [0, 0.1) is 17.2 Å². The molecule has 0 saturated heterocycles. The van der Waals surface area contributed by atoms with Crippen LogP contribution in [0.25, 0.3) is 0 Å². The Labute approximate surface area is 166 Å². The van der Waals surface area contributed by atoms with Crippen molar-refractivity contribution in [3.05, 3.63) is 51.4 Å². The zero-order valence-corrected chi connectivity index (χ0v) is 16.4. The molecule has 28 heavy (non-hydrogen) atoms. The second-order valence-electron chi connectivity index (χ2n) is 7.36. The van der Waals surface area contributed by atoms with Gasteiger partial charge in [-0.05, 0) is 49.8 Å². The van der Waals surface area contributed by atoms with Gasteiger partial charge in [-0.2, -0.15) is 5.26 Å². The highest BCUT2D eigenvalue weighted by Gasteiger charge is 2.41. The van der Waals surface area contributed by atoms with Gasteiger partial charge >= 0.3 is 0 Å². The van der Waals surface area contributed by atoms with Crippen LogP contribution in [0.1, 0.15) is 57.0 Å². The molecule has 3 amide bonds. The maximum absolute atomic E-state index is 12.8. The average Bonchev–Trinajstić information content (AvgIpc) is 3.15. The van der Waals surface area contributed by atoms with Crippen molar-refractivity contribution in [3.8, 4) is 6.07 Å². The Balaban J connectivity index is 1.58. The number of amides is 3. The number of imide groups is 1. The highest BCUT2D eigenvalue weighted by Crippen LogP contribution is 2.39. The molecule has 2 atom stereocenters. The number of anilines is 1. The van der Waals surface area contributed by atoms with E-state index in [1.54, 1.807) is 24.3 Å². The molecule has 7 heteroatoms. The lowest BCUT2D eigenvalue weighted by atomic mass is 9.88. The van der Waals surface area contributed by atoms with E-state index < -0.39 is 23.8 Å². The van der Waals surface area contributed by atoms with Crippen LogP contribution in [0.4, 0.5) is 5.00 Å². The standard InChI is InChI=1S/C21H19N3O3S/c1-11-7-8-13-16(10-22)19(28-17(13)9-11)23-18(25)12(2)24-20(26)14-5-3-4-6-15(14)21(24)27/h3-6,11-12H,7-9H2,1-2H3,(H,23,25)/t11-,12-/m0/s1. The SMILES string of the molecule is C[C@H]1CCc2c(sc(NC(=O)[C@H](C)N3C(=O)c4ccccc4C3=O)c2C#N)C1. The lowest BCUT2D eigenvalue weighted by Crippen LogP contribution is -2.45. The molecule has 0 bridgehead atoms. The predicted octanol–water partition coefficient (Wildman–Crippen LogP) is 3.37. The molecule has 4 rings (SSSR count). The first-order valence-corrected chi connectivity index (χ1v) is 10.1. The molecule has 2 aromatic rings. The number of carbonyl (C=O) groups is 3. The summed E-state index contributed by atoms with van der Waals surface area (Å²) >= 11 is 1.42. The Hall–Kier alpha value is -2.98. The lowest BCUT2D eigenvalue weighted by molar-refractivity contribution is -0.119. The third-order valence-electron chi connectivity index (χ3n) is 5.45. The molecule has 1 aliphatic carbocycles. The van der Waals surface area contributed by atoms with Crippen LogP contribution >= 0.6 is 11.3 Å². The minimum Gasteiger partial charge on any atom is -0.315 e. The fraction of sp³-hybridized carbons (Fsp3) is 0.333. The Morgan fingerprint density at radius 1 is 1.29 bits per heavy atom. The number of nitriles is 1. The largest absolute Gasteiger partial charge is 0.315 e. The van der Waals surface area contributed by atoms with Gasteiger partial charge in [0.25, 0.3) is 11.8 Å². The van der Waals surface area contributed by atoms with E-state index in [0.29, 0.717) is 27.6 Å². The molecule has 1 aliphatic heterocycles. The third-order valence-corrected chi connectivity index (χ3v) is 6.62. The molecule has 1 N–H and O–H groups in total. The van der Waals surface area contributed by atoms with Gasteiger partial charge in [-0.25, -0.2) is 0 Å². The summed E-state index contributed by atoms with van der Waals surface area (Å²) in [6, 6.07) is 7.79. The van der Waals surface area contributed by atoms with Crippen molar-refractivity contribution < 1.29 is 14.4 Å². The summed E-state index contributed by atoms with van der Waals surface area (Å²) in [7, 11) is 0. The molecule has 2 aliphatic rings. The molecule has 0 fully saturated rings. The van der Waals surface area contributed by atoms with E-state index in [1.165, 1.54) is 18.3 Å². The van der Waals surface area contributed by atoms with Gasteiger partial charge in [-0.1, -0.05) is 19.1 Å². The molecule has 0 saturated carbocycles.